The van der Waals surface area contributed by atoms with E-state index in [1.165, 1.54) is 4.88 Å². The van der Waals surface area contributed by atoms with Gasteiger partial charge in [-0.05, 0) is 30.9 Å². The maximum Gasteiger partial charge on any atom is 0.344 e. The third kappa shape index (κ3) is 3.82. The van der Waals surface area contributed by atoms with Crippen LogP contribution in [0, 0.1) is 0 Å². The van der Waals surface area contributed by atoms with E-state index in [1.807, 2.05) is 6.07 Å². The molecule has 0 saturated carbocycles. The molecule has 0 atom stereocenters. The number of carbonyl (C=O) groups is 1. The van der Waals surface area contributed by atoms with Gasteiger partial charge in [-0.2, -0.15) is 0 Å². The van der Waals surface area contributed by atoms with Crippen molar-refractivity contribution >= 4 is 50.6 Å². The molecule has 2 aromatic rings. The first-order valence-corrected chi connectivity index (χ1v) is 8.32. The Morgan fingerprint density at radius 3 is 2.67 bits per heavy atom. The standard InChI is InChI=1S/C15H16Cl2O3S/c1-3-5-10-6-9-7-11(20-8-12(18)19-4-2)13(16)14(17)15(9)21-10/h6-7H,3-5,8H2,1-2H3. The van der Waals surface area contributed by atoms with Crippen molar-refractivity contribution in [3.05, 3.63) is 27.1 Å². The van der Waals surface area contributed by atoms with Gasteiger partial charge in [0.25, 0.3) is 0 Å². The number of halogens is 2. The second-order valence-electron chi connectivity index (χ2n) is 4.48. The second-order valence-corrected chi connectivity index (χ2v) is 6.37. The fourth-order valence-corrected chi connectivity index (χ4v) is 3.72. The SMILES string of the molecule is CCCc1cc2cc(OCC(=O)OCC)c(Cl)c(Cl)c2s1. The first kappa shape index (κ1) is 16.4. The lowest BCUT2D eigenvalue weighted by Crippen LogP contribution is -2.14. The first-order valence-electron chi connectivity index (χ1n) is 6.75. The van der Waals surface area contributed by atoms with Crippen LogP contribution in [-0.2, 0) is 16.0 Å². The van der Waals surface area contributed by atoms with E-state index >= 15 is 0 Å². The van der Waals surface area contributed by atoms with Crippen molar-refractivity contribution in [2.45, 2.75) is 26.7 Å². The number of ether oxygens (including phenoxy) is 2. The van der Waals surface area contributed by atoms with Crippen LogP contribution in [0.1, 0.15) is 25.1 Å². The summed E-state index contributed by atoms with van der Waals surface area (Å²) < 4.78 is 11.2. The lowest BCUT2D eigenvalue weighted by Gasteiger charge is -2.09. The molecule has 0 unspecified atom stereocenters. The van der Waals surface area contributed by atoms with Crippen molar-refractivity contribution in [3.63, 3.8) is 0 Å². The van der Waals surface area contributed by atoms with E-state index in [0.29, 0.717) is 22.4 Å². The summed E-state index contributed by atoms with van der Waals surface area (Å²) in [6, 6.07) is 3.90. The largest absolute Gasteiger partial charge is 0.480 e. The zero-order valence-corrected chi connectivity index (χ0v) is 14.2. The van der Waals surface area contributed by atoms with Crippen molar-refractivity contribution in [3.8, 4) is 5.75 Å². The van der Waals surface area contributed by atoms with Crippen LogP contribution < -0.4 is 4.74 Å². The summed E-state index contributed by atoms with van der Waals surface area (Å²) in [5.74, 6) is -0.0233. The van der Waals surface area contributed by atoms with E-state index in [2.05, 4.69) is 13.0 Å². The Labute approximate surface area is 137 Å². The smallest absolute Gasteiger partial charge is 0.344 e. The van der Waals surface area contributed by atoms with E-state index in [1.54, 1.807) is 18.3 Å². The van der Waals surface area contributed by atoms with Gasteiger partial charge in [0.1, 0.15) is 10.8 Å². The quantitative estimate of drug-likeness (QED) is 0.682. The van der Waals surface area contributed by atoms with Crippen molar-refractivity contribution in [2.24, 2.45) is 0 Å². The van der Waals surface area contributed by atoms with Crippen LogP contribution in [-0.4, -0.2) is 19.2 Å². The van der Waals surface area contributed by atoms with Gasteiger partial charge in [0, 0.05) is 4.88 Å². The van der Waals surface area contributed by atoms with Crippen LogP contribution in [0.4, 0.5) is 0 Å². The summed E-state index contributed by atoms with van der Waals surface area (Å²) in [4.78, 5) is 12.6. The third-order valence-corrected chi connectivity index (χ3v) is 5.04. The molecule has 1 aromatic carbocycles. The van der Waals surface area contributed by atoms with Gasteiger partial charge in [0.05, 0.1) is 16.3 Å². The van der Waals surface area contributed by atoms with Crippen molar-refractivity contribution < 1.29 is 14.3 Å². The highest BCUT2D eigenvalue weighted by Gasteiger charge is 2.15. The molecule has 0 amide bonds. The van der Waals surface area contributed by atoms with Crippen LogP contribution in [0.25, 0.3) is 10.1 Å². The van der Waals surface area contributed by atoms with Crippen LogP contribution in [0.5, 0.6) is 5.75 Å². The Kier molecular flexibility index (Phi) is 5.73. The summed E-state index contributed by atoms with van der Waals surface area (Å²) in [6.07, 6.45) is 2.08. The van der Waals surface area contributed by atoms with Gasteiger partial charge in [-0.15, -0.1) is 11.3 Å². The molecule has 6 heteroatoms. The summed E-state index contributed by atoms with van der Waals surface area (Å²) in [6.45, 7) is 4.02. The summed E-state index contributed by atoms with van der Waals surface area (Å²) in [5.41, 5.74) is 0. The van der Waals surface area contributed by atoms with Gasteiger partial charge >= 0.3 is 5.97 Å². The highest BCUT2D eigenvalue weighted by molar-refractivity contribution is 7.19. The molecule has 0 N–H and O–H groups in total. The van der Waals surface area contributed by atoms with Crippen LogP contribution >= 0.6 is 34.5 Å². The molecular formula is C15H16Cl2O3S. The van der Waals surface area contributed by atoms with E-state index in [4.69, 9.17) is 32.7 Å². The zero-order chi connectivity index (χ0) is 15.4. The Hall–Kier alpha value is -0.970. The second kappa shape index (κ2) is 7.34. The average Bonchev–Trinajstić information content (AvgIpc) is 2.85. The molecular weight excluding hydrogens is 331 g/mol. The zero-order valence-electron chi connectivity index (χ0n) is 11.9. The highest BCUT2D eigenvalue weighted by atomic mass is 35.5. The van der Waals surface area contributed by atoms with E-state index < -0.39 is 5.97 Å². The fraction of sp³-hybridized carbons (Fsp3) is 0.400. The molecule has 2 rings (SSSR count). The van der Waals surface area contributed by atoms with Gasteiger partial charge in [-0.1, -0.05) is 36.5 Å². The monoisotopic (exact) mass is 346 g/mol. The number of thiophene rings is 1. The van der Waals surface area contributed by atoms with E-state index in [-0.39, 0.29) is 6.61 Å². The maximum atomic E-state index is 11.3. The maximum absolute atomic E-state index is 11.3. The van der Waals surface area contributed by atoms with E-state index in [9.17, 15) is 4.79 Å². The molecule has 0 bridgehead atoms. The number of hydrogen-bond donors (Lipinski definition) is 0. The number of rotatable bonds is 6. The Morgan fingerprint density at radius 1 is 1.24 bits per heavy atom. The molecule has 0 aliphatic heterocycles. The molecule has 0 spiro atoms. The Morgan fingerprint density at radius 2 is 2.00 bits per heavy atom. The highest BCUT2D eigenvalue weighted by Crippen LogP contribution is 2.42. The van der Waals surface area contributed by atoms with E-state index in [0.717, 1.165) is 22.9 Å². The number of benzene rings is 1. The lowest BCUT2D eigenvalue weighted by molar-refractivity contribution is -0.145. The van der Waals surface area contributed by atoms with Gasteiger partial charge in [-0.25, -0.2) is 4.79 Å². The van der Waals surface area contributed by atoms with Crippen LogP contribution in [0.15, 0.2) is 12.1 Å². The molecule has 3 nitrogen and oxygen atoms in total. The number of aryl methyl sites for hydroxylation is 1. The number of fused-ring (bicyclic) bond motifs is 1. The molecule has 114 valence electrons. The summed E-state index contributed by atoms with van der Waals surface area (Å²) >= 11 is 14.2. The molecule has 1 heterocycles. The number of esters is 1. The minimum Gasteiger partial charge on any atom is -0.480 e. The van der Waals surface area contributed by atoms with Gasteiger partial charge in [-0.3, -0.25) is 0 Å². The minimum atomic E-state index is -0.429. The molecule has 0 saturated heterocycles. The number of carbonyl (C=O) groups excluding carboxylic acids is 1. The lowest BCUT2D eigenvalue weighted by atomic mass is 10.2. The Balaban J connectivity index is 2.27. The topological polar surface area (TPSA) is 35.5 Å². The Bertz CT molecular complexity index is 652. The minimum absolute atomic E-state index is 0.179. The van der Waals surface area contributed by atoms with Gasteiger partial charge in [0.15, 0.2) is 6.61 Å². The molecule has 0 aliphatic rings. The number of hydrogen-bond acceptors (Lipinski definition) is 4. The summed E-state index contributed by atoms with van der Waals surface area (Å²) in [5, 5.41) is 1.79. The molecule has 0 aliphatic carbocycles. The molecule has 1 aromatic heterocycles. The van der Waals surface area contributed by atoms with Crippen molar-refractivity contribution in [2.75, 3.05) is 13.2 Å². The molecule has 0 radical (unpaired) electrons. The van der Waals surface area contributed by atoms with Crippen molar-refractivity contribution in [1.82, 2.24) is 0 Å². The molecule has 21 heavy (non-hydrogen) atoms. The van der Waals surface area contributed by atoms with Crippen LogP contribution in [0.2, 0.25) is 10.0 Å². The van der Waals surface area contributed by atoms with Crippen molar-refractivity contribution in [1.29, 1.82) is 0 Å². The fourth-order valence-electron chi connectivity index (χ4n) is 1.96. The first-order chi connectivity index (χ1) is 10.1. The normalized spacial score (nSPS) is 10.9. The predicted octanol–water partition coefficient (Wildman–Crippen LogP) is 5.10. The van der Waals surface area contributed by atoms with Gasteiger partial charge < -0.3 is 9.47 Å². The molecule has 0 fully saturated rings. The average molecular weight is 347 g/mol. The van der Waals surface area contributed by atoms with Gasteiger partial charge in [0.2, 0.25) is 0 Å². The van der Waals surface area contributed by atoms with Crippen LogP contribution in [0.3, 0.4) is 0 Å². The predicted molar refractivity (Wildman–Crippen MR) is 88.0 cm³/mol. The summed E-state index contributed by atoms with van der Waals surface area (Å²) in [7, 11) is 0. The third-order valence-electron chi connectivity index (χ3n) is 2.85.